The first-order chi connectivity index (χ1) is 17.5. The number of benzene rings is 2. The normalized spacial score (nSPS) is 18.2. The summed E-state index contributed by atoms with van der Waals surface area (Å²) in [6.07, 6.45) is 5.06. The summed E-state index contributed by atoms with van der Waals surface area (Å²) in [4.78, 5) is 13.5. The van der Waals surface area contributed by atoms with E-state index in [1.165, 1.54) is 17.5 Å². The van der Waals surface area contributed by atoms with Crippen LogP contribution >= 0.6 is 11.9 Å². The number of hydrogen-bond donors (Lipinski definition) is 3. The van der Waals surface area contributed by atoms with E-state index in [2.05, 4.69) is 51.5 Å². The van der Waals surface area contributed by atoms with E-state index in [1.807, 2.05) is 38.4 Å². The Morgan fingerprint density at radius 2 is 1.92 bits per heavy atom. The molecule has 0 unspecified atom stereocenters. The number of anilines is 1. The number of H-pyrrole nitrogens is 1. The summed E-state index contributed by atoms with van der Waals surface area (Å²) < 4.78 is 0. The first-order valence-electron chi connectivity index (χ1n) is 12.3. The maximum Gasteiger partial charge on any atom is 0.144 e. The van der Waals surface area contributed by atoms with Crippen molar-refractivity contribution in [2.45, 2.75) is 43.4 Å². The van der Waals surface area contributed by atoms with Gasteiger partial charge in [0.05, 0.1) is 11.1 Å². The maximum atomic E-state index is 5.83. The highest BCUT2D eigenvalue weighted by Gasteiger charge is 2.23. The van der Waals surface area contributed by atoms with Crippen molar-refractivity contribution in [2.75, 3.05) is 19.4 Å². The van der Waals surface area contributed by atoms with Crippen LogP contribution in [0, 0.1) is 0 Å². The smallest absolute Gasteiger partial charge is 0.144 e. The number of nitrogens with two attached hydrogens (primary N) is 1. The van der Waals surface area contributed by atoms with Gasteiger partial charge < -0.3 is 10.3 Å². The molecule has 2 heterocycles. The van der Waals surface area contributed by atoms with Crippen LogP contribution in [0.15, 0.2) is 65.4 Å². The van der Waals surface area contributed by atoms with Crippen molar-refractivity contribution in [3.63, 3.8) is 0 Å². The zero-order chi connectivity index (χ0) is 25.1. The molecule has 36 heavy (non-hydrogen) atoms. The molecule has 4 aromatic rings. The molecule has 9 heteroatoms. The van der Waals surface area contributed by atoms with Crippen molar-refractivity contribution < 1.29 is 0 Å². The van der Waals surface area contributed by atoms with Crippen molar-refractivity contribution >= 4 is 45.4 Å². The summed E-state index contributed by atoms with van der Waals surface area (Å²) in [6.45, 7) is 4.07. The fourth-order valence-corrected chi connectivity index (χ4v) is 5.27. The Morgan fingerprint density at radius 1 is 1.14 bits per heavy atom. The Balaban J connectivity index is 1.54. The highest BCUT2D eigenvalue weighted by atomic mass is 32.2. The van der Waals surface area contributed by atoms with Gasteiger partial charge in [-0.1, -0.05) is 66.2 Å². The summed E-state index contributed by atoms with van der Waals surface area (Å²) in [7, 11) is 3.67. The first kappa shape index (κ1) is 24.3. The fraction of sp³-hybridized carbons (Fsp3) is 0.333. The highest BCUT2D eigenvalue weighted by Crippen LogP contribution is 2.34. The molecule has 0 saturated heterocycles. The van der Waals surface area contributed by atoms with Gasteiger partial charge in [-0.25, -0.2) is 9.97 Å². The third kappa shape index (κ3) is 5.37. The lowest BCUT2D eigenvalue weighted by atomic mass is 9.95. The van der Waals surface area contributed by atoms with E-state index in [4.69, 9.17) is 15.1 Å². The standard InChI is InChI=1S/C27H32N8S/c1-17(33-34-35(2)3)19-9-14-22-23(16-19)30-27-25(22)26(29-20-10-12-21(36-28)13-11-20)31-24(32-27)15-18-7-5-4-6-8-18/h4-9,14,16,20-21H,1,10-13,15,28H2,2-3H3,(H2,29,30,31,32). The van der Waals surface area contributed by atoms with E-state index in [0.29, 0.717) is 23.4 Å². The molecular formula is C27H32N8S. The van der Waals surface area contributed by atoms with Crippen LogP contribution in [0.4, 0.5) is 5.82 Å². The van der Waals surface area contributed by atoms with Crippen molar-refractivity contribution in [1.29, 1.82) is 0 Å². The molecule has 5 rings (SSSR count). The molecule has 0 radical (unpaired) electrons. The lowest BCUT2D eigenvalue weighted by Gasteiger charge is -2.28. The number of rotatable bonds is 8. The lowest BCUT2D eigenvalue weighted by molar-refractivity contribution is 0.409. The predicted octanol–water partition coefficient (Wildman–Crippen LogP) is 5.93. The Labute approximate surface area is 215 Å². The van der Waals surface area contributed by atoms with Crippen LogP contribution in [0.5, 0.6) is 0 Å². The zero-order valence-corrected chi connectivity index (χ0v) is 21.6. The van der Waals surface area contributed by atoms with Crippen LogP contribution in [0.1, 0.15) is 42.6 Å². The lowest BCUT2D eigenvalue weighted by Crippen LogP contribution is -2.28. The largest absolute Gasteiger partial charge is 0.367 e. The minimum atomic E-state index is 0.367. The van der Waals surface area contributed by atoms with E-state index in [9.17, 15) is 0 Å². The topological polar surface area (TPSA) is 108 Å². The summed E-state index contributed by atoms with van der Waals surface area (Å²) in [5.74, 6) is 1.68. The number of aromatic amines is 1. The van der Waals surface area contributed by atoms with Crippen LogP contribution < -0.4 is 10.5 Å². The Kier molecular flexibility index (Phi) is 7.20. The number of nitrogens with one attached hydrogen (secondary N) is 2. The van der Waals surface area contributed by atoms with E-state index >= 15 is 0 Å². The van der Waals surface area contributed by atoms with Gasteiger partial charge in [0.15, 0.2) is 0 Å². The second-order valence-corrected chi connectivity index (χ2v) is 10.4. The molecule has 0 amide bonds. The third-order valence-electron chi connectivity index (χ3n) is 6.59. The second-order valence-electron chi connectivity index (χ2n) is 9.50. The molecule has 4 N–H and O–H groups in total. The quantitative estimate of drug-likeness (QED) is 0.157. The van der Waals surface area contributed by atoms with Crippen molar-refractivity contribution in [3.8, 4) is 0 Å². The van der Waals surface area contributed by atoms with Crippen molar-refractivity contribution in [1.82, 2.24) is 20.0 Å². The number of aromatic nitrogens is 3. The Morgan fingerprint density at radius 3 is 2.64 bits per heavy atom. The van der Waals surface area contributed by atoms with Crippen LogP contribution in [0.2, 0.25) is 0 Å². The zero-order valence-electron chi connectivity index (χ0n) is 20.7. The van der Waals surface area contributed by atoms with Gasteiger partial charge in [-0.15, -0.1) is 5.11 Å². The highest BCUT2D eigenvalue weighted by molar-refractivity contribution is 7.97. The molecule has 1 aliphatic rings. The molecule has 2 aromatic carbocycles. The number of nitrogens with zero attached hydrogens (tertiary/aromatic N) is 5. The molecule has 1 fully saturated rings. The Bertz CT molecular complexity index is 1390. The van der Waals surface area contributed by atoms with Gasteiger partial charge in [-0.3, -0.25) is 10.1 Å². The van der Waals surface area contributed by atoms with Gasteiger partial charge >= 0.3 is 0 Å². The van der Waals surface area contributed by atoms with Crippen LogP contribution in [0.3, 0.4) is 0 Å². The van der Waals surface area contributed by atoms with Crippen LogP contribution in [0.25, 0.3) is 27.6 Å². The average Bonchev–Trinajstić information content (AvgIpc) is 3.26. The van der Waals surface area contributed by atoms with E-state index in [-0.39, 0.29) is 0 Å². The summed E-state index contributed by atoms with van der Waals surface area (Å²) in [6, 6.07) is 16.9. The average molecular weight is 501 g/mol. The van der Waals surface area contributed by atoms with Crippen molar-refractivity contribution in [2.24, 2.45) is 15.5 Å². The first-order valence-corrected chi connectivity index (χ1v) is 13.2. The molecular weight excluding hydrogens is 468 g/mol. The van der Waals surface area contributed by atoms with Crippen LogP contribution in [-0.2, 0) is 6.42 Å². The molecule has 0 spiro atoms. The number of fused-ring (bicyclic) bond motifs is 3. The minimum Gasteiger partial charge on any atom is -0.367 e. The van der Waals surface area contributed by atoms with Gasteiger partial charge in [0, 0.05) is 48.3 Å². The van der Waals surface area contributed by atoms with Gasteiger partial charge in [0.25, 0.3) is 0 Å². The number of hydrogen-bond acceptors (Lipinski definition) is 7. The molecule has 0 atom stereocenters. The van der Waals surface area contributed by atoms with E-state index < -0.39 is 0 Å². The summed E-state index contributed by atoms with van der Waals surface area (Å²) in [5.41, 5.74) is 4.50. The SMILES string of the molecule is C=C(N=NN(C)C)c1ccc2c(c1)[nH]c1nc(Cc3ccccc3)nc(NC3CCC(SN)CC3)c12. The molecule has 1 aliphatic carbocycles. The molecule has 8 nitrogen and oxygen atoms in total. The fourth-order valence-electron chi connectivity index (χ4n) is 4.73. The monoisotopic (exact) mass is 500 g/mol. The van der Waals surface area contributed by atoms with Crippen LogP contribution in [-0.4, -0.2) is 45.3 Å². The molecule has 0 bridgehead atoms. The van der Waals surface area contributed by atoms with Crippen molar-refractivity contribution in [3.05, 3.63) is 72.1 Å². The van der Waals surface area contributed by atoms with Gasteiger partial charge in [-0.05, 0) is 37.3 Å². The van der Waals surface area contributed by atoms with Gasteiger partial charge in [0.1, 0.15) is 17.3 Å². The third-order valence-corrected chi connectivity index (χ3v) is 7.44. The maximum absolute atomic E-state index is 5.83. The van der Waals surface area contributed by atoms with Gasteiger partial charge in [0.2, 0.25) is 0 Å². The predicted molar refractivity (Wildman–Crippen MR) is 150 cm³/mol. The molecule has 186 valence electrons. The van der Waals surface area contributed by atoms with E-state index in [0.717, 1.165) is 64.8 Å². The molecule has 2 aromatic heterocycles. The Hall–Kier alpha value is -3.43. The second kappa shape index (κ2) is 10.7. The summed E-state index contributed by atoms with van der Waals surface area (Å²) in [5, 5.41) is 22.2. The molecule has 1 saturated carbocycles. The summed E-state index contributed by atoms with van der Waals surface area (Å²) >= 11 is 1.49. The molecule has 0 aliphatic heterocycles. The van der Waals surface area contributed by atoms with Gasteiger partial charge in [-0.2, -0.15) is 0 Å². The van der Waals surface area contributed by atoms with E-state index in [1.54, 1.807) is 5.01 Å². The minimum absolute atomic E-state index is 0.367.